The Hall–Kier alpha value is -2.87. The fourth-order valence-corrected chi connectivity index (χ4v) is 2.37. The lowest BCUT2D eigenvalue weighted by molar-refractivity contribution is -0.222. The van der Waals surface area contributed by atoms with Crippen molar-refractivity contribution in [2.45, 2.75) is 26.2 Å². The number of aliphatic hydroxyl groups is 1. The lowest BCUT2D eigenvalue weighted by Gasteiger charge is -2.29. The first-order chi connectivity index (χ1) is 11.4. The van der Waals surface area contributed by atoms with Crippen LogP contribution in [0.15, 0.2) is 36.3 Å². The number of hydrogen-bond donors (Lipinski definition) is 2. The molecule has 3 rings (SSSR count). The highest BCUT2D eigenvalue weighted by Crippen LogP contribution is 2.23. The van der Waals surface area contributed by atoms with Crippen molar-refractivity contribution in [1.29, 1.82) is 0 Å². The number of rotatable bonds is 4. The van der Waals surface area contributed by atoms with Crippen LogP contribution in [-0.2, 0) is 25.6 Å². The smallest absolute Gasteiger partial charge is 0.350 e. The quantitative estimate of drug-likeness (QED) is 0.492. The zero-order chi connectivity index (χ0) is 17.3. The number of esters is 2. The standard InChI is InChI=1S/C16H17N3O5/c1-16(2)23-14(21)11(15(22)24-16)8-17-10-3-4-13-12(7-10)18-9-19(13)5-6-20/h3-4,7-9,17,20H,5-6H2,1-2H3. The Morgan fingerprint density at radius 3 is 2.67 bits per heavy atom. The number of imidazole rings is 1. The van der Waals surface area contributed by atoms with E-state index in [1.165, 1.54) is 20.0 Å². The average Bonchev–Trinajstić information content (AvgIpc) is 2.88. The van der Waals surface area contributed by atoms with Crippen molar-refractivity contribution in [2.75, 3.05) is 11.9 Å². The van der Waals surface area contributed by atoms with Crippen molar-refractivity contribution >= 4 is 28.7 Å². The summed E-state index contributed by atoms with van der Waals surface area (Å²) in [5.74, 6) is -2.74. The summed E-state index contributed by atoms with van der Waals surface area (Å²) >= 11 is 0. The van der Waals surface area contributed by atoms with E-state index >= 15 is 0 Å². The Morgan fingerprint density at radius 2 is 2.00 bits per heavy atom. The zero-order valence-electron chi connectivity index (χ0n) is 13.3. The molecule has 0 atom stereocenters. The summed E-state index contributed by atoms with van der Waals surface area (Å²) in [5.41, 5.74) is 2.04. The molecule has 126 valence electrons. The number of anilines is 1. The maximum atomic E-state index is 11.9. The molecule has 1 aliphatic heterocycles. The Kier molecular flexibility index (Phi) is 3.98. The summed E-state index contributed by atoms with van der Waals surface area (Å²) < 4.78 is 11.9. The molecule has 24 heavy (non-hydrogen) atoms. The first-order valence-corrected chi connectivity index (χ1v) is 7.39. The monoisotopic (exact) mass is 331 g/mol. The number of fused-ring (bicyclic) bond motifs is 1. The molecule has 0 amide bonds. The normalized spacial score (nSPS) is 16.7. The number of aromatic nitrogens is 2. The van der Waals surface area contributed by atoms with E-state index in [2.05, 4.69) is 10.3 Å². The second-order valence-electron chi connectivity index (χ2n) is 5.75. The molecule has 1 aromatic heterocycles. The fourth-order valence-electron chi connectivity index (χ4n) is 2.37. The van der Waals surface area contributed by atoms with Gasteiger partial charge in [-0.05, 0) is 18.2 Å². The van der Waals surface area contributed by atoms with Crippen molar-refractivity contribution in [1.82, 2.24) is 9.55 Å². The predicted octanol–water partition coefficient (Wildman–Crippen LogP) is 1.16. The largest absolute Gasteiger partial charge is 0.419 e. The lowest BCUT2D eigenvalue weighted by Crippen LogP contribution is -2.42. The number of cyclic esters (lactones) is 2. The summed E-state index contributed by atoms with van der Waals surface area (Å²) in [6.07, 6.45) is 2.90. The minimum atomic E-state index is -1.26. The number of ether oxygens (including phenoxy) is 2. The van der Waals surface area contributed by atoms with Gasteiger partial charge < -0.3 is 24.5 Å². The predicted molar refractivity (Wildman–Crippen MR) is 84.8 cm³/mol. The number of aliphatic hydroxyl groups excluding tert-OH is 1. The van der Waals surface area contributed by atoms with Crippen LogP contribution in [0.5, 0.6) is 0 Å². The SMILES string of the molecule is CC1(C)OC(=O)C(=CNc2ccc3c(c2)ncn3CCO)C(=O)O1. The van der Waals surface area contributed by atoms with E-state index in [0.29, 0.717) is 12.2 Å². The lowest BCUT2D eigenvalue weighted by atomic mass is 10.2. The molecule has 8 nitrogen and oxygen atoms in total. The third-order valence-electron chi connectivity index (χ3n) is 3.46. The first-order valence-electron chi connectivity index (χ1n) is 7.39. The van der Waals surface area contributed by atoms with Crippen LogP contribution in [0.3, 0.4) is 0 Å². The fraction of sp³-hybridized carbons (Fsp3) is 0.312. The van der Waals surface area contributed by atoms with Gasteiger partial charge in [-0.2, -0.15) is 0 Å². The van der Waals surface area contributed by atoms with Crippen LogP contribution in [0.4, 0.5) is 5.69 Å². The minimum absolute atomic E-state index is 0.0259. The molecule has 2 heterocycles. The van der Waals surface area contributed by atoms with Crippen molar-refractivity contribution in [2.24, 2.45) is 0 Å². The Labute approximate surface area is 137 Å². The number of carbonyl (C=O) groups excluding carboxylic acids is 2. The van der Waals surface area contributed by atoms with Crippen LogP contribution >= 0.6 is 0 Å². The van der Waals surface area contributed by atoms with E-state index in [1.807, 2.05) is 10.6 Å². The molecule has 1 aliphatic rings. The van der Waals surface area contributed by atoms with Crippen molar-refractivity contribution in [3.63, 3.8) is 0 Å². The molecule has 2 aromatic rings. The molecule has 0 aliphatic carbocycles. The summed E-state index contributed by atoms with van der Waals surface area (Å²) in [6, 6.07) is 5.38. The maximum Gasteiger partial charge on any atom is 0.350 e. The van der Waals surface area contributed by atoms with E-state index in [-0.39, 0.29) is 12.2 Å². The number of nitrogens with one attached hydrogen (secondary N) is 1. The van der Waals surface area contributed by atoms with E-state index < -0.39 is 17.7 Å². The van der Waals surface area contributed by atoms with Gasteiger partial charge in [0.15, 0.2) is 5.57 Å². The van der Waals surface area contributed by atoms with Crippen LogP contribution in [0.1, 0.15) is 13.8 Å². The van der Waals surface area contributed by atoms with E-state index in [9.17, 15) is 9.59 Å². The van der Waals surface area contributed by atoms with Gasteiger partial charge in [-0.3, -0.25) is 0 Å². The van der Waals surface area contributed by atoms with Crippen molar-refractivity contribution in [3.05, 3.63) is 36.3 Å². The molecule has 0 radical (unpaired) electrons. The minimum Gasteiger partial charge on any atom is -0.419 e. The molecular weight excluding hydrogens is 314 g/mol. The van der Waals surface area contributed by atoms with E-state index in [4.69, 9.17) is 14.6 Å². The van der Waals surface area contributed by atoms with E-state index in [1.54, 1.807) is 18.5 Å². The Balaban J connectivity index is 1.80. The highest BCUT2D eigenvalue weighted by atomic mass is 16.7. The van der Waals surface area contributed by atoms with Gasteiger partial charge in [-0.25, -0.2) is 14.6 Å². The zero-order valence-corrected chi connectivity index (χ0v) is 13.3. The molecule has 2 N–H and O–H groups in total. The van der Waals surface area contributed by atoms with Crippen LogP contribution in [0, 0.1) is 0 Å². The molecule has 1 saturated heterocycles. The highest BCUT2D eigenvalue weighted by Gasteiger charge is 2.38. The van der Waals surface area contributed by atoms with Crippen LogP contribution in [0.2, 0.25) is 0 Å². The third-order valence-corrected chi connectivity index (χ3v) is 3.46. The van der Waals surface area contributed by atoms with Gasteiger partial charge in [0.25, 0.3) is 5.79 Å². The first kappa shape index (κ1) is 16.0. The van der Waals surface area contributed by atoms with Crippen LogP contribution in [-0.4, -0.2) is 39.0 Å². The van der Waals surface area contributed by atoms with Gasteiger partial charge in [-0.15, -0.1) is 0 Å². The third kappa shape index (κ3) is 3.09. The second kappa shape index (κ2) is 5.97. The molecular formula is C16H17N3O5. The average molecular weight is 331 g/mol. The van der Waals surface area contributed by atoms with Gasteiger partial charge in [0, 0.05) is 32.3 Å². The molecule has 1 fully saturated rings. The molecule has 0 spiro atoms. The summed E-state index contributed by atoms with van der Waals surface area (Å²) in [4.78, 5) is 28.0. The second-order valence-corrected chi connectivity index (χ2v) is 5.75. The molecule has 0 bridgehead atoms. The van der Waals surface area contributed by atoms with Gasteiger partial charge in [0.1, 0.15) is 0 Å². The number of hydrogen-bond acceptors (Lipinski definition) is 7. The van der Waals surface area contributed by atoms with Gasteiger partial charge >= 0.3 is 11.9 Å². The van der Waals surface area contributed by atoms with Crippen molar-refractivity contribution in [3.8, 4) is 0 Å². The highest BCUT2D eigenvalue weighted by molar-refractivity contribution is 6.15. The van der Waals surface area contributed by atoms with Crippen LogP contribution < -0.4 is 5.32 Å². The Bertz CT molecular complexity index is 815. The topological polar surface area (TPSA) is 103 Å². The van der Waals surface area contributed by atoms with Crippen molar-refractivity contribution < 1.29 is 24.2 Å². The maximum absolute atomic E-state index is 11.9. The van der Waals surface area contributed by atoms with Gasteiger partial charge in [-0.1, -0.05) is 0 Å². The molecule has 0 saturated carbocycles. The van der Waals surface area contributed by atoms with Gasteiger partial charge in [0.2, 0.25) is 0 Å². The summed E-state index contributed by atoms with van der Waals surface area (Å²) in [5, 5.41) is 11.9. The van der Waals surface area contributed by atoms with Gasteiger partial charge in [0.05, 0.1) is 24.0 Å². The number of benzene rings is 1. The molecule has 0 unspecified atom stereocenters. The Morgan fingerprint density at radius 1 is 1.29 bits per heavy atom. The molecule has 1 aromatic carbocycles. The summed E-state index contributed by atoms with van der Waals surface area (Å²) in [7, 11) is 0. The molecule has 8 heteroatoms. The van der Waals surface area contributed by atoms with E-state index in [0.717, 1.165) is 11.0 Å². The number of carbonyl (C=O) groups is 2. The number of nitrogens with zero attached hydrogens (tertiary/aromatic N) is 2. The van der Waals surface area contributed by atoms with Crippen LogP contribution in [0.25, 0.3) is 11.0 Å². The summed E-state index contributed by atoms with van der Waals surface area (Å²) in [6.45, 7) is 3.46.